The number of aliphatic hydroxyl groups excluding tert-OH is 1. The van der Waals surface area contributed by atoms with E-state index < -0.39 is 6.29 Å². The first-order valence-electron chi connectivity index (χ1n) is 8.62. The number of hydrogen-bond acceptors (Lipinski definition) is 3. The molecule has 0 aromatic rings. The van der Waals surface area contributed by atoms with Crippen LogP contribution in [-0.2, 0) is 4.74 Å². The second-order valence-corrected chi connectivity index (χ2v) is 5.33. The highest BCUT2D eigenvalue weighted by Gasteiger charge is 1.91. The van der Waals surface area contributed by atoms with Gasteiger partial charge in [-0.2, -0.15) is 0 Å². The summed E-state index contributed by atoms with van der Waals surface area (Å²) in [4.78, 5) is 0. The van der Waals surface area contributed by atoms with Gasteiger partial charge in [-0.3, -0.25) is 0 Å². The normalized spacial score (nSPS) is 10.5. The Morgan fingerprint density at radius 1 is 0.650 bits per heavy atom. The maximum absolute atomic E-state index is 7.92. The van der Waals surface area contributed by atoms with E-state index in [0.29, 0.717) is 6.42 Å². The maximum atomic E-state index is 7.92. The average molecular weight is 290 g/mol. The third-order valence-corrected chi connectivity index (χ3v) is 3.15. The van der Waals surface area contributed by atoms with E-state index >= 15 is 0 Å². The van der Waals surface area contributed by atoms with E-state index in [1.54, 1.807) is 6.92 Å². The van der Waals surface area contributed by atoms with Crippen molar-refractivity contribution in [3.05, 3.63) is 0 Å². The molecule has 3 nitrogen and oxygen atoms in total. The fourth-order valence-corrected chi connectivity index (χ4v) is 1.72. The van der Waals surface area contributed by atoms with Crippen molar-refractivity contribution in [2.24, 2.45) is 0 Å². The Morgan fingerprint density at radius 3 is 1.30 bits per heavy atom. The predicted octanol–water partition coefficient (Wildman–Crippen LogP) is 4.65. The zero-order valence-electron chi connectivity index (χ0n) is 14.1. The second kappa shape index (κ2) is 21.2. The van der Waals surface area contributed by atoms with E-state index in [1.165, 1.54) is 64.2 Å². The Kier molecular flexibility index (Phi) is 23.5. The van der Waals surface area contributed by atoms with Gasteiger partial charge < -0.3 is 14.9 Å². The summed E-state index contributed by atoms with van der Waals surface area (Å²) in [7, 11) is 0. The highest BCUT2D eigenvalue weighted by atomic mass is 16.5. The van der Waals surface area contributed by atoms with Crippen LogP contribution in [-0.4, -0.2) is 29.7 Å². The molecule has 0 bridgehead atoms. The molecule has 0 aliphatic rings. The second-order valence-electron chi connectivity index (χ2n) is 5.33. The first kappa shape index (κ1) is 22.2. The number of rotatable bonds is 13. The SMILES string of the molecule is CCC(O)O.CCCCCCCOCCCCCCC. The molecule has 0 heterocycles. The zero-order valence-corrected chi connectivity index (χ0v) is 14.1. The van der Waals surface area contributed by atoms with Gasteiger partial charge in [-0.05, 0) is 19.3 Å². The van der Waals surface area contributed by atoms with Gasteiger partial charge in [0.25, 0.3) is 0 Å². The van der Waals surface area contributed by atoms with Crippen molar-refractivity contribution in [3.8, 4) is 0 Å². The van der Waals surface area contributed by atoms with Crippen molar-refractivity contribution in [3.63, 3.8) is 0 Å². The van der Waals surface area contributed by atoms with E-state index in [0.717, 1.165) is 13.2 Å². The minimum absolute atomic E-state index is 0.417. The first-order chi connectivity index (χ1) is 9.68. The average Bonchev–Trinajstić information content (AvgIpc) is 2.45. The largest absolute Gasteiger partial charge is 0.381 e. The molecule has 0 rings (SSSR count). The third kappa shape index (κ3) is 26.4. The van der Waals surface area contributed by atoms with Crippen LogP contribution in [0.1, 0.15) is 91.4 Å². The Balaban J connectivity index is 0. The van der Waals surface area contributed by atoms with Gasteiger partial charge in [-0.15, -0.1) is 0 Å². The molecule has 124 valence electrons. The van der Waals surface area contributed by atoms with Crippen molar-refractivity contribution in [1.82, 2.24) is 0 Å². The fourth-order valence-electron chi connectivity index (χ4n) is 1.72. The van der Waals surface area contributed by atoms with Crippen LogP contribution in [0.5, 0.6) is 0 Å². The number of ether oxygens (including phenoxy) is 1. The molecule has 0 radical (unpaired) electrons. The number of unbranched alkanes of at least 4 members (excludes halogenated alkanes) is 8. The smallest absolute Gasteiger partial charge is 0.151 e. The molecule has 0 aliphatic heterocycles. The summed E-state index contributed by atoms with van der Waals surface area (Å²) in [6.45, 7) is 8.18. The molecule has 0 fully saturated rings. The standard InChI is InChI=1S/C14H30O.C3H8O2/c1-3-5-7-9-11-13-15-14-12-10-8-6-4-2;1-2-3(4)5/h3-14H2,1-2H3;3-5H,2H2,1H3. The lowest BCUT2D eigenvalue weighted by atomic mass is 10.1. The van der Waals surface area contributed by atoms with Gasteiger partial charge in [0, 0.05) is 13.2 Å². The molecule has 0 spiro atoms. The summed E-state index contributed by atoms with van der Waals surface area (Å²) in [6.07, 6.45) is 12.7. The quantitative estimate of drug-likeness (QED) is 0.383. The lowest BCUT2D eigenvalue weighted by Gasteiger charge is -2.03. The van der Waals surface area contributed by atoms with Gasteiger partial charge in [-0.1, -0.05) is 72.1 Å². The molecule has 0 saturated carbocycles. The van der Waals surface area contributed by atoms with E-state index in [4.69, 9.17) is 14.9 Å². The summed E-state index contributed by atoms with van der Waals surface area (Å²) < 4.78 is 5.59. The van der Waals surface area contributed by atoms with Gasteiger partial charge in [0.05, 0.1) is 0 Å². The molecule has 0 atom stereocenters. The molecule has 0 unspecified atom stereocenters. The Bertz CT molecular complexity index is 137. The number of aliphatic hydroxyl groups is 2. The minimum Gasteiger partial charge on any atom is -0.381 e. The van der Waals surface area contributed by atoms with Crippen molar-refractivity contribution in [2.45, 2.75) is 97.7 Å². The Morgan fingerprint density at radius 2 is 1.00 bits per heavy atom. The topological polar surface area (TPSA) is 49.7 Å². The van der Waals surface area contributed by atoms with Gasteiger partial charge >= 0.3 is 0 Å². The summed E-state index contributed by atoms with van der Waals surface area (Å²) >= 11 is 0. The van der Waals surface area contributed by atoms with Crippen molar-refractivity contribution in [1.29, 1.82) is 0 Å². The molecular weight excluding hydrogens is 252 g/mol. The summed E-state index contributed by atoms with van der Waals surface area (Å²) in [6, 6.07) is 0. The molecular formula is C17H38O3. The van der Waals surface area contributed by atoms with Gasteiger partial charge in [0.2, 0.25) is 0 Å². The van der Waals surface area contributed by atoms with Crippen molar-refractivity contribution < 1.29 is 14.9 Å². The lowest BCUT2D eigenvalue weighted by molar-refractivity contribution is -0.0413. The van der Waals surface area contributed by atoms with E-state index in [2.05, 4.69) is 13.8 Å². The summed E-state index contributed by atoms with van der Waals surface area (Å²) in [5, 5.41) is 15.8. The molecule has 20 heavy (non-hydrogen) atoms. The van der Waals surface area contributed by atoms with E-state index in [1.807, 2.05) is 0 Å². The van der Waals surface area contributed by atoms with Gasteiger partial charge in [-0.25, -0.2) is 0 Å². The van der Waals surface area contributed by atoms with Crippen LogP contribution in [0.3, 0.4) is 0 Å². The van der Waals surface area contributed by atoms with Crippen LogP contribution in [0.25, 0.3) is 0 Å². The van der Waals surface area contributed by atoms with Crippen LogP contribution in [0, 0.1) is 0 Å². The van der Waals surface area contributed by atoms with Crippen molar-refractivity contribution in [2.75, 3.05) is 13.2 Å². The van der Waals surface area contributed by atoms with Crippen LogP contribution >= 0.6 is 0 Å². The molecule has 2 N–H and O–H groups in total. The highest BCUT2D eigenvalue weighted by Crippen LogP contribution is 2.04. The van der Waals surface area contributed by atoms with E-state index in [9.17, 15) is 0 Å². The highest BCUT2D eigenvalue weighted by molar-refractivity contribution is 4.44. The minimum atomic E-state index is -1.12. The van der Waals surface area contributed by atoms with Gasteiger partial charge in [0.1, 0.15) is 0 Å². The predicted molar refractivity (Wildman–Crippen MR) is 86.9 cm³/mol. The fraction of sp³-hybridized carbons (Fsp3) is 1.00. The van der Waals surface area contributed by atoms with Crippen LogP contribution < -0.4 is 0 Å². The molecule has 0 amide bonds. The van der Waals surface area contributed by atoms with Gasteiger partial charge in [0.15, 0.2) is 6.29 Å². The van der Waals surface area contributed by atoms with E-state index in [-0.39, 0.29) is 0 Å². The van der Waals surface area contributed by atoms with Crippen LogP contribution in [0.2, 0.25) is 0 Å². The molecule has 0 aliphatic carbocycles. The third-order valence-electron chi connectivity index (χ3n) is 3.15. The zero-order chi connectivity index (χ0) is 15.5. The molecule has 0 aromatic heterocycles. The molecule has 3 heteroatoms. The van der Waals surface area contributed by atoms with Crippen LogP contribution in [0.4, 0.5) is 0 Å². The molecule has 0 saturated heterocycles. The number of hydrogen-bond donors (Lipinski definition) is 2. The Hall–Kier alpha value is -0.120. The lowest BCUT2D eigenvalue weighted by Crippen LogP contribution is -1.99. The molecule has 0 aromatic carbocycles. The summed E-state index contributed by atoms with van der Waals surface area (Å²) in [5.74, 6) is 0. The summed E-state index contributed by atoms with van der Waals surface area (Å²) in [5.41, 5.74) is 0. The van der Waals surface area contributed by atoms with Crippen molar-refractivity contribution >= 4 is 0 Å². The monoisotopic (exact) mass is 290 g/mol. The van der Waals surface area contributed by atoms with Crippen LogP contribution in [0.15, 0.2) is 0 Å². The maximum Gasteiger partial charge on any atom is 0.151 e. The first-order valence-corrected chi connectivity index (χ1v) is 8.62. The Labute approximate surface area is 126 Å².